The lowest BCUT2D eigenvalue weighted by molar-refractivity contribution is -0.133. The molecule has 1 saturated heterocycles. The van der Waals surface area contributed by atoms with Crippen molar-refractivity contribution >= 4 is 5.91 Å². The Morgan fingerprint density at radius 1 is 1.45 bits per heavy atom. The number of hydrogen-bond acceptors (Lipinski definition) is 2. The molecule has 1 aliphatic rings. The summed E-state index contributed by atoms with van der Waals surface area (Å²) < 4.78 is 0. The van der Waals surface area contributed by atoms with Gasteiger partial charge in [-0.25, -0.2) is 0 Å². The molecule has 1 amide bonds. The molecule has 3 heteroatoms. The van der Waals surface area contributed by atoms with E-state index in [4.69, 9.17) is 0 Å². The highest BCUT2D eigenvalue weighted by Crippen LogP contribution is 2.13. The molecule has 0 spiro atoms. The number of carbonyl (C=O) groups is 1. The lowest BCUT2D eigenvalue weighted by atomic mass is 10.1. The van der Waals surface area contributed by atoms with E-state index in [2.05, 4.69) is 48.3 Å². The van der Waals surface area contributed by atoms with Gasteiger partial charge in [-0.1, -0.05) is 36.8 Å². The van der Waals surface area contributed by atoms with E-state index >= 15 is 0 Å². The van der Waals surface area contributed by atoms with Gasteiger partial charge in [0.1, 0.15) is 0 Å². The van der Waals surface area contributed by atoms with Gasteiger partial charge in [-0.3, -0.25) is 4.79 Å². The number of benzene rings is 1. The van der Waals surface area contributed by atoms with Gasteiger partial charge in [-0.05, 0) is 38.3 Å². The van der Waals surface area contributed by atoms with Crippen LogP contribution in [0.4, 0.5) is 0 Å². The second-order valence-corrected chi connectivity index (χ2v) is 5.72. The Bertz CT molecular complexity index is 438. The van der Waals surface area contributed by atoms with Crippen LogP contribution in [0.1, 0.15) is 37.3 Å². The zero-order chi connectivity index (χ0) is 14.4. The molecule has 3 nitrogen and oxygen atoms in total. The fourth-order valence-corrected chi connectivity index (χ4v) is 2.92. The minimum absolute atomic E-state index is 0.307. The van der Waals surface area contributed by atoms with Crippen molar-refractivity contribution in [3.05, 3.63) is 35.4 Å². The minimum Gasteiger partial charge on any atom is -0.338 e. The molecular weight excluding hydrogens is 248 g/mol. The third-order valence-electron chi connectivity index (χ3n) is 3.97. The monoisotopic (exact) mass is 274 g/mol. The van der Waals surface area contributed by atoms with Gasteiger partial charge in [0.2, 0.25) is 5.91 Å². The van der Waals surface area contributed by atoms with Crippen molar-refractivity contribution in [1.82, 2.24) is 10.2 Å². The molecule has 2 rings (SSSR count). The van der Waals surface area contributed by atoms with E-state index in [0.717, 1.165) is 38.9 Å². The van der Waals surface area contributed by atoms with Crippen molar-refractivity contribution in [1.29, 1.82) is 0 Å². The molecule has 0 aliphatic carbocycles. The zero-order valence-electron chi connectivity index (χ0n) is 12.7. The van der Waals surface area contributed by atoms with Crippen molar-refractivity contribution < 1.29 is 4.79 Å². The van der Waals surface area contributed by atoms with Crippen LogP contribution in [-0.4, -0.2) is 36.5 Å². The SMILES string of the molecule is CCCN(C(=O)CCc1cccc(C)c1)C1CCNC1. The quantitative estimate of drug-likeness (QED) is 0.864. The highest BCUT2D eigenvalue weighted by atomic mass is 16.2. The van der Waals surface area contributed by atoms with E-state index in [-0.39, 0.29) is 0 Å². The first-order chi connectivity index (χ1) is 9.70. The highest BCUT2D eigenvalue weighted by molar-refractivity contribution is 5.76. The number of nitrogens with zero attached hydrogens (tertiary/aromatic N) is 1. The minimum atomic E-state index is 0.307. The van der Waals surface area contributed by atoms with Crippen molar-refractivity contribution in [2.75, 3.05) is 19.6 Å². The fourth-order valence-electron chi connectivity index (χ4n) is 2.92. The molecule has 0 radical (unpaired) electrons. The van der Waals surface area contributed by atoms with Crippen LogP contribution >= 0.6 is 0 Å². The van der Waals surface area contributed by atoms with Gasteiger partial charge >= 0.3 is 0 Å². The summed E-state index contributed by atoms with van der Waals surface area (Å²) in [5.41, 5.74) is 2.53. The number of aryl methyl sites for hydroxylation is 2. The summed E-state index contributed by atoms with van der Waals surface area (Å²) in [6.07, 6.45) is 3.60. The highest BCUT2D eigenvalue weighted by Gasteiger charge is 2.25. The largest absolute Gasteiger partial charge is 0.338 e. The third-order valence-corrected chi connectivity index (χ3v) is 3.97. The molecule has 0 aromatic heterocycles. The molecule has 110 valence electrons. The second-order valence-electron chi connectivity index (χ2n) is 5.72. The Morgan fingerprint density at radius 3 is 2.95 bits per heavy atom. The second kappa shape index (κ2) is 7.44. The van der Waals surface area contributed by atoms with Crippen molar-refractivity contribution in [3.63, 3.8) is 0 Å². The predicted octanol–water partition coefficient (Wildman–Crippen LogP) is 2.53. The summed E-state index contributed by atoms with van der Waals surface area (Å²) in [6, 6.07) is 8.86. The molecule has 0 bridgehead atoms. The van der Waals surface area contributed by atoms with Gasteiger partial charge in [-0.15, -0.1) is 0 Å². The standard InChI is InChI=1S/C17H26N2O/c1-3-11-19(16-9-10-18-13-16)17(20)8-7-15-6-4-5-14(2)12-15/h4-6,12,16,18H,3,7-11,13H2,1-2H3. The van der Waals surface area contributed by atoms with Crippen LogP contribution in [0.2, 0.25) is 0 Å². The van der Waals surface area contributed by atoms with Crippen molar-refractivity contribution in [2.45, 2.75) is 45.6 Å². The van der Waals surface area contributed by atoms with E-state index < -0.39 is 0 Å². The van der Waals surface area contributed by atoms with Crippen molar-refractivity contribution in [3.8, 4) is 0 Å². The first kappa shape index (κ1) is 15.0. The Morgan fingerprint density at radius 2 is 2.30 bits per heavy atom. The molecular formula is C17H26N2O. The molecule has 0 saturated carbocycles. The summed E-state index contributed by atoms with van der Waals surface area (Å²) in [5, 5.41) is 3.35. The van der Waals surface area contributed by atoms with Gasteiger partial charge in [0.05, 0.1) is 0 Å². The van der Waals surface area contributed by atoms with Crippen LogP contribution in [0.15, 0.2) is 24.3 Å². The summed E-state index contributed by atoms with van der Waals surface area (Å²) in [5.74, 6) is 0.307. The maximum absolute atomic E-state index is 12.5. The molecule has 1 heterocycles. The van der Waals surface area contributed by atoms with Gasteiger partial charge in [0, 0.05) is 25.6 Å². The summed E-state index contributed by atoms with van der Waals surface area (Å²) in [6.45, 7) is 7.12. The summed E-state index contributed by atoms with van der Waals surface area (Å²) in [4.78, 5) is 14.6. The number of hydrogen-bond donors (Lipinski definition) is 1. The number of carbonyl (C=O) groups excluding carboxylic acids is 1. The average Bonchev–Trinajstić information content (AvgIpc) is 2.96. The zero-order valence-corrected chi connectivity index (χ0v) is 12.7. The molecule has 1 aromatic rings. The summed E-state index contributed by atoms with van der Waals surface area (Å²) in [7, 11) is 0. The number of rotatable bonds is 6. The van der Waals surface area contributed by atoms with E-state index in [1.54, 1.807) is 0 Å². The molecule has 1 N–H and O–H groups in total. The van der Waals surface area contributed by atoms with Crippen LogP contribution in [0, 0.1) is 6.92 Å². The van der Waals surface area contributed by atoms with Gasteiger partial charge in [-0.2, -0.15) is 0 Å². The van der Waals surface area contributed by atoms with Gasteiger partial charge in [0.25, 0.3) is 0 Å². The molecule has 1 atom stereocenters. The van der Waals surface area contributed by atoms with Gasteiger partial charge < -0.3 is 10.2 Å². The van der Waals surface area contributed by atoms with Crippen LogP contribution in [0.3, 0.4) is 0 Å². The van der Waals surface area contributed by atoms with E-state index in [1.807, 2.05) is 0 Å². The average molecular weight is 274 g/mol. The van der Waals surface area contributed by atoms with Crippen LogP contribution in [0.25, 0.3) is 0 Å². The third kappa shape index (κ3) is 4.07. The number of amides is 1. The number of nitrogens with one attached hydrogen (secondary N) is 1. The summed E-state index contributed by atoms with van der Waals surface area (Å²) >= 11 is 0. The van der Waals surface area contributed by atoms with E-state index in [1.165, 1.54) is 11.1 Å². The van der Waals surface area contributed by atoms with Crippen LogP contribution in [0.5, 0.6) is 0 Å². The maximum atomic E-state index is 12.5. The molecule has 1 aromatic carbocycles. The van der Waals surface area contributed by atoms with E-state index in [0.29, 0.717) is 18.4 Å². The lowest BCUT2D eigenvalue weighted by Crippen LogP contribution is -2.42. The normalized spacial score (nSPS) is 18.2. The fraction of sp³-hybridized carbons (Fsp3) is 0.588. The first-order valence-electron chi connectivity index (χ1n) is 7.76. The Labute approximate surface area is 122 Å². The van der Waals surface area contributed by atoms with Crippen LogP contribution < -0.4 is 5.32 Å². The Hall–Kier alpha value is -1.35. The van der Waals surface area contributed by atoms with E-state index in [9.17, 15) is 4.79 Å². The maximum Gasteiger partial charge on any atom is 0.223 e. The lowest BCUT2D eigenvalue weighted by Gasteiger charge is -2.28. The van der Waals surface area contributed by atoms with Gasteiger partial charge in [0.15, 0.2) is 0 Å². The predicted molar refractivity (Wildman–Crippen MR) is 82.8 cm³/mol. The molecule has 20 heavy (non-hydrogen) atoms. The molecule has 1 fully saturated rings. The van der Waals surface area contributed by atoms with Crippen molar-refractivity contribution in [2.24, 2.45) is 0 Å². The Balaban J connectivity index is 1.91. The smallest absolute Gasteiger partial charge is 0.223 e. The molecule has 1 unspecified atom stereocenters. The molecule has 1 aliphatic heterocycles. The van der Waals surface area contributed by atoms with Crippen LogP contribution in [-0.2, 0) is 11.2 Å². The first-order valence-corrected chi connectivity index (χ1v) is 7.76. The topological polar surface area (TPSA) is 32.3 Å². The Kier molecular flexibility index (Phi) is 5.60.